The summed E-state index contributed by atoms with van der Waals surface area (Å²) in [6, 6.07) is 5.61. The third kappa shape index (κ3) is 4.22. The summed E-state index contributed by atoms with van der Waals surface area (Å²) in [5.74, 6) is -0.314. The molecule has 1 saturated heterocycles. The van der Waals surface area contributed by atoms with Gasteiger partial charge in [-0.1, -0.05) is 12.6 Å². The number of anilines is 1. The molecular weight excluding hydrogens is 437 g/mol. The van der Waals surface area contributed by atoms with Gasteiger partial charge in [0.2, 0.25) is 5.91 Å². The smallest absolute Gasteiger partial charge is 0.397 e. The molecule has 11 heteroatoms. The number of amides is 2. The van der Waals surface area contributed by atoms with Crippen LogP contribution in [0, 0.1) is 0 Å². The topological polar surface area (TPSA) is 96.8 Å². The molecule has 0 unspecified atom stereocenters. The molecular formula is C22H25F3N6O2. The minimum atomic E-state index is -4.69. The first kappa shape index (κ1) is 24.0. The van der Waals surface area contributed by atoms with E-state index in [9.17, 15) is 22.8 Å². The number of halogens is 3. The molecule has 0 saturated carbocycles. The predicted molar refractivity (Wildman–Crippen MR) is 119 cm³/mol. The summed E-state index contributed by atoms with van der Waals surface area (Å²) in [6.45, 7) is 10.2. The number of carbonyl (C=O) groups is 2. The van der Waals surface area contributed by atoms with Gasteiger partial charge in [0.05, 0.1) is 28.3 Å². The van der Waals surface area contributed by atoms with Gasteiger partial charge in [-0.05, 0) is 39.0 Å². The second-order valence-electron chi connectivity index (χ2n) is 8.07. The minimum absolute atomic E-state index is 0.0398. The Morgan fingerprint density at radius 3 is 2.52 bits per heavy atom. The first-order chi connectivity index (χ1) is 15.3. The number of carbonyl (C=O) groups excluding carboxylic acids is 2. The molecule has 0 bridgehead atoms. The molecule has 1 aliphatic rings. The van der Waals surface area contributed by atoms with Gasteiger partial charge in [0.25, 0.3) is 5.91 Å². The number of piperazine rings is 1. The van der Waals surface area contributed by atoms with Gasteiger partial charge in [0.15, 0.2) is 0 Å². The van der Waals surface area contributed by atoms with E-state index in [0.29, 0.717) is 6.54 Å². The molecule has 176 valence electrons. The van der Waals surface area contributed by atoms with E-state index in [1.165, 1.54) is 29.0 Å². The molecule has 0 aromatic carbocycles. The number of pyridine rings is 1. The zero-order valence-electron chi connectivity index (χ0n) is 18.8. The average molecular weight is 462 g/mol. The van der Waals surface area contributed by atoms with Crippen molar-refractivity contribution >= 4 is 29.5 Å². The van der Waals surface area contributed by atoms with Gasteiger partial charge in [-0.3, -0.25) is 14.5 Å². The van der Waals surface area contributed by atoms with Gasteiger partial charge >= 0.3 is 6.18 Å². The zero-order valence-corrected chi connectivity index (χ0v) is 18.8. The number of aromatic nitrogens is 2. The Bertz CT molecular complexity index is 1150. The monoisotopic (exact) mass is 462 g/mol. The van der Waals surface area contributed by atoms with E-state index >= 15 is 0 Å². The highest BCUT2D eigenvalue weighted by atomic mass is 19.4. The third-order valence-electron chi connectivity index (χ3n) is 5.46. The normalized spacial score (nSPS) is 16.5. The van der Waals surface area contributed by atoms with Crippen LogP contribution in [0.2, 0.25) is 0 Å². The molecule has 2 N–H and O–H groups in total. The highest BCUT2D eigenvalue weighted by Crippen LogP contribution is 2.39. The summed E-state index contributed by atoms with van der Waals surface area (Å²) in [6.07, 6.45) is -3.37. The van der Waals surface area contributed by atoms with Crippen LogP contribution in [0.3, 0.4) is 0 Å². The van der Waals surface area contributed by atoms with Crippen molar-refractivity contribution in [2.75, 3.05) is 18.0 Å². The van der Waals surface area contributed by atoms with Crippen molar-refractivity contribution in [1.29, 1.82) is 0 Å². The molecule has 1 aliphatic heterocycles. The van der Waals surface area contributed by atoms with Gasteiger partial charge in [-0.15, -0.1) is 0 Å². The SMILES string of the molecule is C=C(N)c1c(C(F)(F)F)cc(-c2cccc(N3CCN(C(C)=O)C(C)(C)C3=O)n2)n1/N=C\C. The summed E-state index contributed by atoms with van der Waals surface area (Å²) in [7, 11) is 0. The van der Waals surface area contributed by atoms with Gasteiger partial charge in [0.1, 0.15) is 11.4 Å². The second kappa shape index (κ2) is 8.38. The van der Waals surface area contributed by atoms with Crippen LogP contribution >= 0.6 is 0 Å². The molecule has 3 rings (SSSR count). The first-order valence-electron chi connectivity index (χ1n) is 10.1. The quantitative estimate of drug-likeness (QED) is 0.705. The maximum absolute atomic E-state index is 13.7. The molecule has 2 aromatic rings. The fraction of sp³-hybridized carbons (Fsp3) is 0.364. The zero-order chi connectivity index (χ0) is 24.7. The fourth-order valence-electron chi connectivity index (χ4n) is 3.96. The van der Waals surface area contributed by atoms with Crippen molar-refractivity contribution in [3.63, 3.8) is 0 Å². The summed E-state index contributed by atoms with van der Waals surface area (Å²) < 4.78 is 42.1. The molecule has 2 aromatic heterocycles. The lowest BCUT2D eigenvalue weighted by Gasteiger charge is -2.45. The fourth-order valence-corrected chi connectivity index (χ4v) is 3.96. The van der Waals surface area contributed by atoms with Crippen LogP contribution in [0.1, 0.15) is 39.0 Å². The average Bonchev–Trinajstić information content (AvgIpc) is 3.10. The molecule has 0 aliphatic carbocycles. The molecule has 8 nitrogen and oxygen atoms in total. The Morgan fingerprint density at radius 2 is 1.97 bits per heavy atom. The van der Waals surface area contributed by atoms with Crippen molar-refractivity contribution in [3.05, 3.63) is 42.1 Å². The van der Waals surface area contributed by atoms with E-state index in [1.54, 1.807) is 32.9 Å². The largest absolute Gasteiger partial charge is 0.418 e. The van der Waals surface area contributed by atoms with Crippen molar-refractivity contribution < 1.29 is 22.8 Å². The number of nitrogens with two attached hydrogens (primary N) is 1. The second-order valence-corrected chi connectivity index (χ2v) is 8.07. The molecule has 0 atom stereocenters. The van der Waals surface area contributed by atoms with Crippen molar-refractivity contribution in [2.24, 2.45) is 10.8 Å². The van der Waals surface area contributed by atoms with Crippen molar-refractivity contribution in [2.45, 2.75) is 39.4 Å². The lowest BCUT2D eigenvalue weighted by Crippen LogP contribution is -2.64. The Morgan fingerprint density at radius 1 is 1.30 bits per heavy atom. The van der Waals surface area contributed by atoms with E-state index in [1.807, 2.05) is 0 Å². The molecule has 2 amide bonds. The molecule has 33 heavy (non-hydrogen) atoms. The lowest BCUT2D eigenvalue weighted by molar-refractivity contribution is -0.145. The lowest BCUT2D eigenvalue weighted by atomic mass is 9.97. The summed E-state index contributed by atoms with van der Waals surface area (Å²) in [5, 5.41) is 4.03. The summed E-state index contributed by atoms with van der Waals surface area (Å²) in [4.78, 5) is 32.4. The van der Waals surface area contributed by atoms with E-state index < -0.39 is 17.3 Å². The van der Waals surface area contributed by atoms with Crippen LogP contribution in [0.5, 0.6) is 0 Å². The van der Waals surface area contributed by atoms with Gasteiger partial charge < -0.3 is 10.6 Å². The van der Waals surface area contributed by atoms with Crippen LogP contribution < -0.4 is 10.6 Å². The molecule has 1 fully saturated rings. The Labute approximate surface area is 189 Å². The summed E-state index contributed by atoms with van der Waals surface area (Å²) >= 11 is 0. The maximum Gasteiger partial charge on any atom is 0.418 e. The van der Waals surface area contributed by atoms with E-state index in [0.717, 1.165) is 10.7 Å². The Balaban J connectivity index is 2.13. The number of nitrogens with zero attached hydrogens (tertiary/aromatic N) is 5. The van der Waals surface area contributed by atoms with E-state index in [-0.39, 0.29) is 47.0 Å². The van der Waals surface area contributed by atoms with E-state index in [4.69, 9.17) is 5.73 Å². The van der Waals surface area contributed by atoms with Gasteiger partial charge in [0, 0.05) is 26.2 Å². The van der Waals surface area contributed by atoms with Gasteiger partial charge in [-0.25, -0.2) is 9.66 Å². The van der Waals surface area contributed by atoms with Crippen LogP contribution in [0.15, 0.2) is 35.9 Å². The number of hydrogen-bond donors (Lipinski definition) is 1. The molecule has 0 radical (unpaired) electrons. The minimum Gasteiger partial charge on any atom is -0.397 e. The molecule has 0 spiro atoms. The number of alkyl halides is 3. The standard InChI is InChI=1S/C22H25F3N6O2/c1-6-27-31-17(12-15(22(23,24)25)19(31)13(2)26)16-8-7-9-18(28-16)29-10-11-30(14(3)32)21(4,5)20(29)33/h6-9,12H,2,10-11,26H2,1,3-5H3/b27-6-. The Kier molecular flexibility index (Phi) is 6.10. The highest BCUT2D eigenvalue weighted by Gasteiger charge is 2.44. The van der Waals surface area contributed by atoms with Crippen molar-refractivity contribution in [3.8, 4) is 11.4 Å². The molecule has 3 heterocycles. The number of rotatable bonds is 4. The predicted octanol–water partition coefficient (Wildman–Crippen LogP) is 3.33. The van der Waals surface area contributed by atoms with E-state index in [2.05, 4.69) is 16.7 Å². The van der Waals surface area contributed by atoms with Crippen LogP contribution in [0.4, 0.5) is 19.0 Å². The Hall–Kier alpha value is -3.63. The van der Waals surface area contributed by atoms with Gasteiger partial charge in [-0.2, -0.15) is 18.3 Å². The van der Waals surface area contributed by atoms with Crippen molar-refractivity contribution in [1.82, 2.24) is 14.6 Å². The number of hydrogen-bond acceptors (Lipinski definition) is 5. The van der Waals surface area contributed by atoms with Crippen LogP contribution in [-0.2, 0) is 15.8 Å². The highest BCUT2D eigenvalue weighted by molar-refractivity contribution is 6.02. The maximum atomic E-state index is 13.7. The first-order valence-corrected chi connectivity index (χ1v) is 10.1. The summed E-state index contributed by atoms with van der Waals surface area (Å²) in [5.41, 5.74) is 3.11. The van der Waals surface area contributed by atoms with Crippen LogP contribution in [-0.4, -0.2) is 51.2 Å². The third-order valence-corrected chi connectivity index (χ3v) is 5.46. The van der Waals surface area contributed by atoms with Crippen LogP contribution in [0.25, 0.3) is 17.1 Å².